The van der Waals surface area contributed by atoms with Gasteiger partial charge in [-0.2, -0.15) is 0 Å². The Morgan fingerprint density at radius 1 is 0.727 bits per heavy atom. The third-order valence-electron chi connectivity index (χ3n) is 6.25. The van der Waals surface area contributed by atoms with Crippen LogP contribution in [0.2, 0.25) is 0 Å². The van der Waals surface area contributed by atoms with Gasteiger partial charge in [0.2, 0.25) is 5.91 Å². The van der Waals surface area contributed by atoms with Gasteiger partial charge in [0.25, 0.3) is 0 Å². The standard InChI is InChI=1S/C28H54N2O3/c1-2-3-4-5-6-7-8-9-10-11-12-13-14-15-16-17-18-19-20-24-27(31)30-26(28(32)33)23-21-22-25-29/h11-12,26H,2-10,13-25,29H2,1H3,(H,30,31)(H,32,33)/b12-11-/t26-/m0/s1. The number of carbonyl (C=O) groups is 2. The van der Waals surface area contributed by atoms with Gasteiger partial charge in [-0.25, -0.2) is 4.79 Å². The highest BCUT2D eigenvalue weighted by Crippen LogP contribution is 2.12. The zero-order valence-electron chi connectivity index (χ0n) is 21.6. The SMILES string of the molecule is CCCCCCCCCC/C=C\CCCCCCCCCC(=O)N[C@@H](CCCCN)C(=O)O. The molecule has 0 rings (SSSR count). The second-order valence-corrected chi connectivity index (χ2v) is 9.49. The lowest BCUT2D eigenvalue weighted by molar-refractivity contribution is -0.142. The average Bonchev–Trinajstić information content (AvgIpc) is 2.80. The molecule has 0 radical (unpaired) electrons. The molecular formula is C28H54N2O3. The molecule has 33 heavy (non-hydrogen) atoms. The van der Waals surface area contributed by atoms with Crippen molar-refractivity contribution in [2.24, 2.45) is 5.73 Å². The second-order valence-electron chi connectivity index (χ2n) is 9.49. The number of carboxylic acid groups (broad SMARTS) is 1. The topological polar surface area (TPSA) is 92.4 Å². The van der Waals surface area contributed by atoms with Crippen LogP contribution in [0, 0.1) is 0 Å². The number of carboxylic acids is 1. The van der Waals surface area contributed by atoms with E-state index in [4.69, 9.17) is 5.73 Å². The molecule has 0 spiro atoms. The number of nitrogens with one attached hydrogen (secondary N) is 1. The maximum atomic E-state index is 12.0. The fourth-order valence-corrected chi connectivity index (χ4v) is 4.08. The van der Waals surface area contributed by atoms with Crippen LogP contribution in [-0.4, -0.2) is 29.6 Å². The predicted molar refractivity (Wildman–Crippen MR) is 140 cm³/mol. The molecule has 0 aromatic rings. The van der Waals surface area contributed by atoms with E-state index in [1.807, 2.05) is 0 Å². The first-order chi connectivity index (χ1) is 16.1. The van der Waals surface area contributed by atoms with Crippen molar-refractivity contribution in [1.82, 2.24) is 5.32 Å². The van der Waals surface area contributed by atoms with Crippen LogP contribution in [0.5, 0.6) is 0 Å². The van der Waals surface area contributed by atoms with Crippen molar-refractivity contribution in [2.75, 3.05) is 6.54 Å². The van der Waals surface area contributed by atoms with Crippen molar-refractivity contribution in [3.8, 4) is 0 Å². The molecule has 0 saturated carbocycles. The van der Waals surface area contributed by atoms with E-state index in [0.29, 0.717) is 19.4 Å². The quantitative estimate of drug-likeness (QED) is 0.0973. The number of hydrogen-bond donors (Lipinski definition) is 3. The Labute approximate surface area is 204 Å². The Morgan fingerprint density at radius 3 is 1.70 bits per heavy atom. The lowest BCUT2D eigenvalue weighted by Crippen LogP contribution is -2.40. The van der Waals surface area contributed by atoms with E-state index in [1.165, 1.54) is 89.9 Å². The third kappa shape index (κ3) is 23.6. The Kier molecular flexibility index (Phi) is 24.2. The lowest BCUT2D eigenvalue weighted by Gasteiger charge is -2.14. The number of rotatable bonds is 25. The van der Waals surface area contributed by atoms with Gasteiger partial charge in [-0.05, 0) is 57.9 Å². The highest BCUT2D eigenvalue weighted by Gasteiger charge is 2.18. The average molecular weight is 467 g/mol. The van der Waals surface area contributed by atoms with Gasteiger partial charge in [-0.15, -0.1) is 0 Å². The molecule has 0 fully saturated rings. The van der Waals surface area contributed by atoms with E-state index in [0.717, 1.165) is 32.1 Å². The first kappa shape index (κ1) is 31.6. The van der Waals surface area contributed by atoms with Gasteiger partial charge >= 0.3 is 5.97 Å². The van der Waals surface area contributed by atoms with Crippen LogP contribution in [0.3, 0.4) is 0 Å². The summed E-state index contributed by atoms with van der Waals surface area (Å²) in [5.74, 6) is -1.10. The van der Waals surface area contributed by atoms with Gasteiger partial charge in [0.15, 0.2) is 0 Å². The molecule has 0 heterocycles. The van der Waals surface area contributed by atoms with E-state index in [9.17, 15) is 14.7 Å². The Morgan fingerprint density at radius 2 is 1.21 bits per heavy atom. The molecule has 5 nitrogen and oxygen atoms in total. The summed E-state index contributed by atoms with van der Waals surface area (Å²) in [6.45, 7) is 2.82. The summed E-state index contributed by atoms with van der Waals surface area (Å²) >= 11 is 0. The normalized spacial score (nSPS) is 12.3. The van der Waals surface area contributed by atoms with Crippen molar-refractivity contribution in [2.45, 2.75) is 148 Å². The van der Waals surface area contributed by atoms with E-state index in [-0.39, 0.29) is 5.91 Å². The van der Waals surface area contributed by atoms with Crippen LogP contribution in [0.4, 0.5) is 0 Å². The molecule has 0 bridgehead atoms. The molecule has 0 unspecified atom stereocenters. The Bertz CT molecular complexity index is 480. The monoisotopic (exact) mass is 466 g/mol. The van der Waals surface area contributed by atoms with Crippen molar-refractivity contribution in [1.29, 1.82) is 0 Å². The van der Waals surface area contributed by atoms with Crippen molar-refractivity contribution < 1.29 is 14.7 Å². The number of unbranched alkanes of at least 4 members (excludes halogenated alkanes) is 16. The van der Waals surface area contributed by atoms with Gasteiger partial charge in [0.1, 0.15) is 6.04 Å². The molecule has 0 aromatic carbocycles. The minimum atomic E-state index is -0.955. The molecule has 194 valence electrons. The first-order valence-corrected chi connectivity index (χ1v) is 14.0. The number of amides is 1. The van der Waals surface area contributed by atoms with Gasteiger partial charge < -0.3 is 16.2 Å². The number of allylic oxidation sites excluding steroid dienone is 2. The fraction of sp³-hybridized carbons (Fsp3) is 0.857. The highest BCUT2D eigenvalue weighted by atomic mass is 16.4. The molecule has 0 aliphatic rings. The predicted octanol–water partition coefficient (Wildman–Crippen LogP) is 7.28. The molecular weight excluding hydrogens is 412 g/mol. The van der Waals surface area contributed by atoms with Gasteiger partial charge in [-0.1, -0.05) is 96.1 Å². The molecule has 0 aliphatic heterocycles. The van der Waals surface area contributed by atoms with Crippen molar-refractivity contribution >= 4 is 11.9 Å². The van der Waals surface area contributed by atoms with E-state index >= 15 is 0 Å². The molecule has 0 saturated heterocycles. The van der Waals surface area contributed by atoms with E-state index < -0.39 is 12.0 Å². The zero-order valence-corrected chi connectivity index (χ0v) is 21.6. The summed E-state index contributed by atoms with van der Waals surface area (Å²) in [5.41, 5.74) is 5.44. The smallest absolute Gasteiger partial charge is 0.326 e. The molecule has 0 aliphatic carbocycles. The Balaban J connectivity index is 3.42. The molecule has 0 aromatic heterocycles. The number of nitrogens with two attached hydrogens (primary N) is 1. The third-order valence-corrected chi connectivity index (χ3v) is 6.25. The van der Waals surface area contributed by atoms with Gasteiger partial charge in [0.05, 0.1) is 0 Å². The maximum absolute atomic E-state index is 12.0. The maximum Gasteiger partial charge on any atom is 0.326 e. The van der Waals surface area contributed by atoms with E-state index in [1.54, 1.807) is 0 Å². The Hall–Kier alpha value is -1.36. The van der Waals surface area contributed by atoms with Crippen LogP contribution in [-0.2, 0) is 9.59 Å². The zero-order chi connectivity index (χ0) is 24.4. The van der Waals surface area contributed by atoms with Crippen molar-refractivity contribution in [3.05, 3.63) is 12.2 Å². The van der Waals surface area contributed by atoms with Crippen LogP contribution in [0.1, 0.15) is 142 Å². The largest absolute Gasteiger partial charge is 0.480 e. The molecule has 5 heteroatoms. The number of hydrogen-bond acceptors (Lipinski definition) is 3. The fourth-order valence-electron chi connectivity index (χ4n) is 4.08. The molecule has 4 N–H and O–H groups in total. The number of aliphatic carboxylic acids is 1. The van der Waals surface area contributed by atoms with Crippen LogP contribution in [0.15, 0.2) is 12.2 Å². The number of carbonyl (C=O) groups excluding carboxylic acids is 1. The van der Waals surface area contributed by atoms with Gasteiger partial charge in [0, 0.05) is 6.42 Å². The molecule has 1 amide bonds. The van der Waals surface area contributed by atoms with Crippen LogP contribution in [0.25, 0.3) is 0 Å². The van der Waals surface area contributed by atoms with Crippen LogP contribution >= 0.6 is 0 Å². The van der Waals surface area contributed by atoms with E-state index in [2.05, 4.69) is 24.4 Å². The summed E-state index contributed by atoms with van der Waals surface area (Å²) in [7, 11) is 0. The van der Waals surface area contributed by atoms with Crippen LogP contribution < -0.4 is 11.1 Å². The summed E-state index contributed by atoms with van der Waals surface area (Å²) in [6.07, 6.45) is 28.7. The summed E-state index contributed by atoms with van der Waals surface area (Å²) in [4.78, 5) is 23.2. The second kappa shape index (κ2) is 25.3. The summed E-state index contributed by atoms with van der Waals surface area (Å²) in [6, 6.07) is -0.779. The first-order valence-electron chi connectivity index (χ1n) is 14.0. The minimum absolute atomic E-state index is 0.145. The molecule has 1 atom stereocenters. The lowest BCUT2D eigenvalue weighted by atomic mass is 10.1. The minimum Gasteiger partial charge on any atom is -0.480 e. The van der Waals surface area contributed by atoms with Crippen molar-refractivity contribution in [3.63, 3.8) is 0 Å². The summed E-state index contributed by atoms with van der Waals surface area (Å²) in [5, 5.41) is 11.9. The summed E-state index contributed by atoms with van der Waals surface area (Å²) < 4.78 is 0. The van der Waals surface area contributed by atoms with Gasteiger partial charge in [-0.3, -0.25) is 4.79 Å². The highest BCUT2D eigenvalue weighted by molar-refractivity contribution is 5.83.